The Morgan fingerprint density at radius 2 is 1.47 bits per heavy atom. The van der Waals surface area contributed by atoms with Crippen LogP contribution in [0.5, 0.6) is 0 Å². The topological polar surface area (TPSA) is 165 Å². The fourth-order valence-corrected chi connectivity index (χ4v) is 5.06. The summed E-state index contributed by atoms with van der Waals surface area (Å²) in [6.45, 7) is 3.01. The van der Waals surface area contributed by atoms with E-state index in [2.05, 4.69) is 12.2 Å². The zero-order valence-electron chi connectivity index (χ0n) is 26.0. The smallest absolute Gasteiger partial charge is 0.251 e. The van der Waals surface area contributed by atoms with Gasteiger partial charge in [-0.3, -0.25) is 14.6 Å². The van der Waals surface area contributed by atoms with Crippen LogP contribution in [0.15, 0.2) is 91.3 Å². The third kappa shape index (κ3) is 16.2. The molecule has 5 rings (SSSR count). The molecule has 2 amide bonds. The Morgan fingerprint density at radius 3 is 1.91 bits per heavy atom. The molecule has 0 spiro atoms. The number of carbonyl (C=O) groups is 2. The Hall–Kier alpha value is -4.33. The fourth-order valence-electron chi connectivity index (χ4n) is 3.86. The van der Waals surface area contributed by atoms with Gasteiger partial charge in [0.05, 0.1) is 23.7 Å². The molecular weight excluding hydrogens is 626 g/mol. The minimum Gasteiger partial charge on any atom is -0.403 e. The number of amides is 2. The molecule has 3 aromatic carbocycles. The van der Waals surface area contributed by atoms with Crippen LogP contribution in [0, 0.1) is 11.6 Å². The summed E-state index contributed by atoms with van der Waals surface area (Å²) >= 11 is 0. The normalized spacial score (nSPS) is 14.4. The zero-order chi connectivity index (χ0) is 34.0. The van der Waals surface area contributed by atoms with Crippen molar-refractivity contribution in [1.82, 2.24) is 10.2 Å². The highest BCUT2D eigenvalue weighted by atomic mass is 32.2. The number of carbonyl (C=O) groups excluding carboxylic acids is 2. The third-order valence-corrected chi connectivity index (χ3v) is 8.32. The summed E-state index contributed by atoms with van der Waals surface area (Å²) in [4.78, 5) is 25.6. The Balaban J connectivity index is 0.000000405. The Morgan fingerprint density at radius 1 is 0.936 bits per heavy atom. The van der Waals surface area contributed by atoms with Crippen LogP contribution in [-0.2, 0) is 14.6 Å². The van der Waals surface area contributed by atoms with Crippen LogP contribution < -0.4 is 27.6 Å². The number of hydrogen-bond acceptors (Lipinski definition) is 8. The first kappa shape index (κ1) is 40.7. The maximum absolute atomic E-state index is 12.4. The Bertz CT molecular complexity index is 1450. The first-order chi connectivity index (χ1) is 22.0. The van der Waals surface area contributed by atoms with Gasteiger partial charge in [0.2, 0.25) is 5.91 Å². The van der Waals surface area contributed by atoms with Crippen LogP contribution in [0.4, 0.5) is 14.5 Å². The van der Waals surface area contributed by atoms with E-state index in [1.54, 1.807) is 42.5 Å². The summed E-state index contributed by atoms with van der Waals surface area (Å²) in [7, 11) is -3.05. The molecule has 1 aliphatic carbocycles. The molecular formula is C34H48F2N6O4S. The van der Waals surface area contributed by atoms with E-state index in [-0.39, 0.29) is 56.1 Å². The van der Waals surface area contributed by atoms with E-state index >= 15 is 0 Å². The van der Waals surface area contributed by atoms with Crippen LogP contribution in [0.25, 0.3) is 0 Å². The number of halogens is 2. The van der Waals surface area contributed by atoms with Crippen molar-refractivity contribution in [2.75, 3.05) is 42.7 Å². The van der Waals surface area contributed by atoms with E-state index in [4.69, 9.17) is 17.3 Å². The van der Waals surface area contributed by atoms with Gasteiger partial charge in [-0.25, -0.2) is 23.0 Å². The second-order valence-electron chi connectivity index (χ2n) is 10.4. The van der Waals surface area contributed by atoms with Crippen LogP contribution in [0.3, 0.4) is 0 Å². The van der Waals surface area contributed by atoms with Crippen LogP contribution in [0.2, 0.25) is 0 Å². The number of anilines is 1. The number of sulfone groups is 1. The van der Waals surface area contributed by atoms with Gasteiger partial charge in [-0.15, -0.1) is 0 Å². The van der Waals surface area contributed by atoms with E-state index in [0.29, 0.717) is 11.3 Å². The highest BCUT2D eigenvalue weighted by Gasteiger charge is 2.25. The van der Waals surface area contributed by atoms with Crippen molar-refractivity contribution in [3.05, 3.63) is 114 Å². The molecule has 2 fully saturated rings. The number of rotatable bonds is 7. The van der Waals surface area contributed by atoms with Gasteiger partial charge in [-0.1, -0.05) is 44.7 Å². The number of nitrogens with zero attached hydrogens (tertiary/aromatic N) is 2. The van der Waals surface area contributed by atoms with Gasteiger partial charge in [0, 0.05) is 31.1 Å². The molecule has 1 saturated carbocycles. The van der Waals surface area contributed by atoms with Gasteiger partial charge in [-0.05, 0) is 85.8 Å². The van der Waals surface area contributed by atoms with Gasteiger partial charge in [0.25, 0.3) is 5.91 Å². The second kappa shape index (κ2) is 21.5. The standard InChI is InChI=1S/C15H21N5O4S.C9H9F.C6H5F.C3H9N.CH4/c16-5-6-20(17)13-3-1-12(2-4-13)15(22)18-11-14(21)19-7-9-25(23,24)10-8-19;10-9-5-3-8(4-6-9)7-1-2-7;7-6-4-2-1-3-5-6;1-2-3-4;/h1-6H,7-11,16-17H2,(H,18,22);3-7H,1-2H2;1-5H;2-4H2,1H3;1H4/b6-5-;;;;. The molecule has 10 nitrogen and oxygen atoms in total. The van der Waals surface area contributed by atoms with Crippen LogP contribution in [0.1, 0.15) is 55.5 Å². The lowest BCUT2D eigenvalue weighted by atomic mass is 10.1. The summed E-state index contributed by atoms with van der Waals surface area (Å²) in [6, 6.07) is 21.2. The molecule has 0 aromatic heterocycles. The van der Waals surface area contributed by atoms with Gasteiger partial charge in [-0.2, -0.15) is 0 Å². The van der Waals surface area contributed by atoms with Crippen LogP contribution >= 0.6 is 0 Å². The van der Waals surface area contributed by atoms with Gasteiger partial charge in [0.1, 0.15) is 11.6 Å². The van der Waals surface area contributed by atoms with E-state index in [0.717, 1.165) is 18.9 Å². The highest BCUT2D eigenvalue weighted by molar-refractivity contribution is 7.91. The number of hydrogen-bond donors (Lipinski definition) is 4. The summed E-state index contributed by atoms with van der Waals surface area (Å²) < 4.78 is 47.0. The van der Waals surface area contributed by atoms with Gasteiger partial charge >= 0.3 is 0 Å². The van der Waals surface area contributed by atoms with E-state index in [1.165, 1.54) is 65.0 Å². The molecule has 7 N–H and O–H groups in total. The van der Waals surface area contributed by atoms with Crippen molar-refractivity contribution >= 4 is 27.3 Å². The average Bonchev–Trinajstić information content (AvgIpc) is 3.91. The molecule has 3 aromatic rings. The summed E-state index contributed by atoms with van der Waals surface area (Å²) in [5, 5.41) is 3.83. The fraction of sp³-hybridized carbons (Fsp3) is 0.353. The molecule has 0 atom stereocenters. The molecule has 258 valence electrons. The average molecular weight is 675 g/mol. The van der Waals surface area contributed by atoms with E-state index < -0.39 is 15.7 Å². The lowest BCUT2D eigenvalue weighted by Gasteiger charge is -2.26. The molecule has 0 unspecified atom stereocenters. The molecule has 0 bridgehead atoms. The van der Waals surface area contributed by atoms with Crippen molar-refractivity contribution in [2.45, 2.75) is 39.5 Å². The predicted molar refractivity (Wildman–Crippen MR) is 185 cm³/mol. The molecule has 13 heteroatoms. The number of nitrogens with two attached hydrogens (primary N) is 3. The largest absolute Gasteiger partial charge is 0.403 e. The molecule has 2 aliphatic rings. The minimum absolute atomic E-state index is 0. The first-order valence-corrected chi connectivity index (χ1v) is 16.8. The van der Waals surface area contributed by atoms with Gasteiger partial charge < -0.3 is 21.7 Å². The van der Waals surface area contributed by atoms with Crippen molar-refractivity contribution in [3.63, 3.8) is 0 Å². The Kier molecular flexibility index (Phi) is 18.6. The van der Waals surface area contributed by atoms with E-state index in [1.807, 2.05) is 12.1 Å². The molecule has 1 saturated heterocycles. The zero-order valence-corrected chi connectivity index (χ0v) is 26.8. The molecule has 47 heavy (non-hydrogen) atoms. The van der Waals surface area contributed by atoms with Crippen molar-refractivity contribution in [1.29, 1.82) is 0 Å². The second-order valence-corrected chi connectivity index (χ2v) is 12.7. The maximum atomic E-state index is 12.4. The number of hydrazine groups is 1. The highest BCUT2D eigenvalue weighted by Crippen LogP contribution is 2.39. The Labute approximate surface area is 277 Å². The SMILES string of the molecule is C.CCCN.Fc1ccc(C2CC2)cc1.Fc1ccccc1.N/C=C\N(N)c1ccc(C(=O)NCC(=O)N2CCS(=O)(=O)CC2)cc1. The maximum Gasteiger partial charge on any atom is 0.251 e. The molecule has 1 aliphatic heterocycles. The third-order valence-electron chi connectivity index (χ3n) is 6.71. The summed E-state index contributed by atoms with van der Waals surface area (Å²) in [5.74, 6) is 5.34. The molecule has 1 heterocycles. The predicted octanol–water partition coefficient (Wildman–Crippen LogP) is 4.30. The monoisotopic (exact) mass is 674 g/mol. The van der Waals surface area contributed by atoms with Gasteiger partial charge in [0.15, 0.2) is 9.84 Å². The number of nitrogens with one attached hydrogen (secondary N) is 1. The number of benzene rings is 3. The van der Waals surface area contributed by atoms with E-state index in [9.17, 15) is 26.8 Å². The van der Waals surface area contributed by atoms with Crippen molar-refractivity contribution in [2.24, 2.45) is 17.3 Å². The van der Waals surface area contributed by atoms with Crippen LogP contribution in [-0.4, -0.2) is 62.8 Å². The minimum atomic E-state index is -3.05. The molecule has 0 radical (unpaired) electrons. The van der Waals surface area contributed by atoms with Crippen molar-refractivity contribution < 1.29 is 26.8 Å². The lowest BCUT2D eigenvalue weighted by Crippen LogP contribution is -2.47. The summed E-state index contributed by atoms with van der Waals surface area (Å²) in [5.41, 5.74) is 12.6. The summed E-state index contributed by atoms with van der Waals surface area (Å²) in [6.07, 6.45) is 6.42. The lowest BCUT2D eigenvalue weighted by molar-refractivity contribution is -0.129. The van der Waals surface area contributed by atoms with Crippen molar-refractivity contribution in [3.8, 4) is 0 Å². The quantitative estimate of drug-likeness (QED) is 0.213. The first-order valence-electron chi connectivity index (χ1n) is 14.9.